The average molecular weight is 514 g/mol. The van der Waals surface area contributed by atoms with Gasteiger partial charge >= 0.3 is 12.1 Å². The number of rotatable bonds is 4. The fourth-order valence-corrected chi connectivity index (χ4v) is 4.21. The maximum Gasteiger partial charge on any atom is 0.417 e. The molecule has 11 heteroatoms. The van der Waals surface area contributed by atoms with Crippen LogP contribution >= 0.6 is 0 Å². The van der Waals surface area contributed by atoms with Crippen molar-refractivity contribution in [1.82, 2.24) is 9.96 Å². The summed E-state index contributed by atoms with van der Waals surface area (Å²) in [4.78, 5) is 45.2. The molecule has 0 spiro atoms. The highest BCUT2D eigenvalue weighted by Gasteiger charge is 2.43. The van der Waals surface area contributed by atoms with Crippen molar-refractivity contribution >= 4 is 23.5 Å². The number of ether oxygens (including phenoxy) is 1. The van der Waals surface area contributed by atoms with Gasteiger partial charge in [-0.25, -0.2) is 4.79 Å². The minimum Gasteiger partial charge on any atom is -0.476 e. The largest absolute Gasteiger partial charge is 0.476 e. The summed E-state index contributed by atoms with van der Waals surface area (Å²) in [6, 6.07) is 0.868. The lowest BCUT2D eigenvalue weighted by molar-refractivity contribution is -0.208. The third-order valence-electron chi connectivity index (χ3n) is 6.18. The number of alkyl halides is 3. The molecule has 0 aliphatic carbocycles. The van der Waals surface area contributed by atoms with Gasteiger partial charge in [-0.1, -0.05) is 0 Å². The highest BCUT2D eigenvalue weighted by Crippen LogP contribution is 2.42. The van der Waals surface area contributed by atoms with Gasteiger partial charge in [-0.2, -0.15) is 13.2 Å². The van der Waals surface area contributed by atoms with Crippen molar-refractivity contribution < 1.29 is 37.1 Å². The molecule has 1 N–H and O–H groups in total. The molecule has 0 saturated carbocycles. The summed E-state index contributed by atoms with van der Waals surface area (Å²) in [5.41, 5.74) is -3.81. The monoisotopic (exact) mass is 513 g/mol. The molecule has 1 atom stereocenters. The molecule has 2 aliphatic heterocycles. The van der Waals surface area contributed by atoms with Gasteiger partial charge in [-0.3, -0.25) is 9.59 Å². The minimum absolute atomic E-state index is 0.00348. The molecule has 8 nitrogen and oxygen atoms in total. The van der Waals surface area contributed by atoms with Crippen molar-refractivity contribution in [3.63, 3.8) is 0 Å². The second kappa shape index (κ2) is 9.57. The molecule has 1 aromatic rings. The van der Waals surface area contributed by atoms with E-state index in [4.69, 9.17) is 9.57 Å². The Bertz CT molecular complexity index is 1050. The van der Waals surface area contributed by atoms with Gasteiger partial charge in [-0.05, 0) is 73.4 Å². The first-order valence-electron chi connectivity index (χ1n) is 12.0. The summed E-state index contributed by atoms with van der Waals surface area (Å²) >= 11 is 0. The van der Waals surface area contributed by atoms with Crippen molar-refractivity contribution in [2.24, 2.45) is 5.41 Å². The third-order valence-corrected chi connectivity index (χ3v) is 6.18. The number of piperidine rings is 1. The normalized spacial score (nSPS) is 20.3. The smallest absolute Gasteiger partial charge is 0.417 e. The molecular weight excluding hydrogens is 479 g/mol. The van der Waals surface area contributed by atoms with Crippen molar-refractivity contribution in [2.45, 2.75) is 85.2 Å². The quantitative estimate of drug-likeness (QED) is 0.632. The zero-order chi connectivity index (χ0) is 27.2. The summed E-state index contributed by atoms with van der Waals surface area (Å²) in [5, 5.41) is 4.02. The Labute approximate surface area is 209 Å². The molecule has 3 rings (SSSR count). The number of hydrogen-bond donors (Lipinski definition) is 1. The van der Waals surface area contributed by atoms with Crippen molar-refractivity contribution in [1.29, 1.82) is 0 Å². The number of halogens is 3. The Kier molecular flexibility index (Phi) is 7.38. The van der Waals surface area contributed by atoms with Crippen LogP contribution in [0.2, 0.25) is 0 Å². The van der Waals surface area contributed by atoms with E-state index in [1.165, 1.54) is 23.8 Å². The topological polar surface area (TPSA) is 88.2 Å². The Morgan fingerprint density at radius 2 is 1.86 bits per heavy atom. The van der Waals surface area contributed by atoms with E-state index in [1.54, 1.807) is 34.6 Å². The zero-order valence-corrected chi connectivity index (χ0v) is 21.7. The Morgan fingerprint density at radius 3 is 2.42 bits per heavy atom. The molecule has 2 amide bonds. The Hall–Kier alpha value is -2.82. The maximum absolute atomic E-state index is 14.1. The van der Waals surface area contributed by atoms with Crippen LogP contribution in [0.3, 0.4) is 0 Å². The molecule has 1 fully saturated rings. The predicted molar refractivity (Wildman–Crippen MR) is 126 cm³/mol. The van der Waals surface area contributed by atoms with Gasteiger partial charge in [0.2, 0.25) is 0 Å². The Morgan fingerprint density at radius 1 is 1.22 bits per heavy atom. The second-order valence-electron chi connectivity index (χ2n) is 11.1. The van der Waals surface area contributed by atoms with Gasteiger partial charge in [0.15, 0.2) is 5.60 Å². The number of fused-ring (bicyclic) bond motifs is 1. The van der Waals surface area contributed by atoms with E-state index in [9.17, 15) is 27.6 Å². The van der Waals surface area contributed by atoms with Crippen LogP contribution in [0.15, 0.2) is 12.1 Å². The molecule has 0 bridgehead atoms. The SMILES string of the molecule is CC(C)N(C(=O)c1cc2c(cc1C(F)(F)F)OC(C)(C)C(=O)N2)[C@@H]1CCCN(OC(=O)C(C)(C)C)C1. The van der Waals surface area contributed by atoms with Crippen LogP contribution < -0.4 is 10.1 Å². The van der Waals surface area contributed by atoms with Crippen molar-refractivity contribution in [2.75, 3.05) is 18.4 Å². The van der Waals surface area contributed by atoms with Crippen LogP contribution in [0, 0.1) is 5.41 Å². The lowest BCUT2D eigenvalue weighted by Crippen LogP contribution is -2.53. The first-order valence-corrected chi connectivity index (χ1v) is 12.0. The number of hydroxylamine groups is 2. The van der Waals surface area contributed by atoms with Crippen LogP contribution in [0.5, 0.6) is 5.75 Å². The van der Waals surface area contributed by atoms with Crippen LogP contribution in [0.4, 0.5) is 18.9 Å². The number of carbonyl (C=O) groups excluding carboxylic acids is 3. The van der Waals surface area contributed by atoms with E-state index >= 15 is 0 Å². The minimum atomic E-state index is -4.83. The average Bonchev–Trinajstić information content (AvgIpc) is 2.72. The van der Waals surface area contributed by atoms with Crippen LogP contribution in [-0.2, 0) is 20.6 Å². The first-order chi connectivity index (χ1) is 16.4. The summed E-state index contributed by atoms with van der Waals surface area (Å²) in [6.07, 6.45) is -3.71. The number of carbonyl (C=O) groups is 3. The summed E-state index contributed by atoms with van der Waals surface area (Å²) < 4.78 is 47.8. The highest BCUT2D eigenvalue weighted by molar-refractivity contribution is 6.03. The summed E-state index contributed by atoms with van der Waals surface area (Å²) in [6.45, 7) is 12.1. The molecule has 2 aliphatic rings. The predicted octanol–water partition coefficient (Wildman–Crippen LogP) is 4.63. The van der Waals surface area contributed by atoms with E-state index in [0.717, 1.165) is 12.1 Å². The Balaban J connectivity index is 1.97. The van der Waals surface area contributed by atoms with Gasteiger partial charge in [0, 0.05) is 18.6 Å². The maximum atomic E-state index is 14.1. The van der Waals surface area contributed by atoms with E-state index < -0.39 is 58.2 Å². The van der Waals surface area contributed by atoms with Gasteiger partial charge in [-0.15, -0.1) is 5.06 Å². The number of nitrogens with zero attached hydrogens (tertiary/aromatic N) is 2. The van der Waals surface area contributed by atoms with Gasteiger partial charge in [0.05, 0.1) is 28.8 Å². The van der Waals surface area contributed by atoms with Crippen molar-refractivity contribution in [3.8, 4) is 5.75 Å². The number of amides is 2. The van der Waals surface area contributed by atoms with Gasteiger partial charge in [0.25, 0.3) is 11.8 Å². The van der Waals surface area contributed by atoms with Gasteiger partial charge < -0.3 is 19.8 Å². The molecule has 0 unspecified atom stereocenters. The summed E-state index contributed by atoms with van der Waals surface area (Å²) in [5.74, 6) is -1.94. The molecular formula is C25H34F3N3O5. The van der Waals surface area contributed by atoms with E-state index in [0.29, 0.717) is 19.4 Å². The van der Waals surface area contributed by atoms with Crippen LogP contribution in [0.25, 0.3) is 0 Å². The number of anilines is 1. The molecule has 0 aromatic heterocycles. The third kappa shape index (κ3) is 5.77. The van der Waals surface area contributed by atoms with E-state index in [2.05, 4.69) is 5.32 Å². The number of benzene rings is 1. The van der Waals surface area contributed by atoms with E-state index in [1.807, 2.05) is 0 Å². The fourth-order valence-electron chi connectivity index (χ4n) is 4.21. The molecule has 0 radical (unpaired) electrons. The molecule has 1 saturated heterocycles. The molecule has 200 valence electrons. The lowest BCUT2D eigenvalue weighted by Gasteiger charge is -2.41. The van der Waals surface area contributed by atoms with E-state index in [-0.39, 0.29) is 18.0 Å². The standard InChI is InChI=1S/C25H34F3N3O5/c1-14(2)31(15-9-8-10-30(13-15)36-22(34)23(3,4)5)20(32)16-11-18-19(12-17(16)25(26,27)28)35-24(6,7)21(33)29-18/h11-12,14-15H,8-10,13H2,1-7H3,(H,29,33)/t15-/m1/s1. The summed E-state index contributed by atoms with van der Waals surface area (Å²) in [7, 11) is 0. The lowest BCUT2D eigenvalue weighted by atomic mass is 9.97. The van der Waals surface area contributed by atoms with Crippen molar-refractivity contribution in [3.05, 3.63) is 23.3 Å². The van der Waals surface area contributed by atoms with Crippen LogP contribution in [-0.4, -0.2) is 58.5 Å². The van der Waals surface area contributed by atoms with Gasteiger partial charge in [0.1, 0.15) is 5.75 Å². The molecule has 1 aromatic carbocycles. The number of nitrogens with one attached hydrogen (secondary N) is 1. The fraction of sp³-hybridized carbons (Fsp3) is 0.640. The number of hydrogen-bond acceptors (Lipinski definition) is 6. The highest BCUT2D eigenvalue weighted by atomic mass is 19.4. The first kappa shape index (κ1) is 27.8. The molecule has 36 heavy (non-hydrogen) atoms. The van der Waals surface area contributed by atoms with Crippen LogP contribution in [0.1, 0.15) is 77.2 Å². The second-order valence-corrected chi connectivity index (χ2v) is 11.1. The zero-order valence-electron chi connectivity index (χ0n) is 21.7. The molecule has 2 heterocycles.